The number of benzene rings is 1. The number of hydrazone groups is 1. The Labute approximate surface area is 214 Å². The van der Waals surface area contributed by atoms with Crippen molar-refractivity contribution in [1.29, 1.82) is 5.26 Å². The summed E-state index contributed by atoms with van der Waals surface area (Å²) < 4.78 is 0. The summed E-state index contributed by atoms with van der Waals surface area (Å²) in [5, 5.41) is 22.3. The lowest BCUT2D eigenvalue weighted by Gasteiger charge is -2.23. The fourth-order valence-electron chi connectivity index (χ4n) is 4.23. The predicted octanol–water partition coefficient (Wildman–Crippen LogP) is 2.39. The molecule has 0 amide bonds. The van der Waals surface area contributed by atoms with Crippen LogP contribution in [0.5, 0.6) is 0 Å². The van der Waals surface area contributed by atoms with Gasteiger partial charge in [-0.1, -0.05) is 18.2 Å². The molecule has 1 saturated heterocycles. The summed E-state index contributed by atoms with van der Waals surface area (Å²) in [6.07, 6.45) is 2.15. The SMILES string of the molecule is CC(c1cccc(CN=CC(=NN)c2cc(-c3cccc(C#N)c3)nc(N)n2)n1)N1CCC(C(=O)O)C1. The first-order valence-electron chi connectivity index (χ1n) is 11.7. The Kier molecular flexibility index (Phi) is 7.80. The lowest BCUT2D eigenvalue weighted by Crippen LogP contribution is -2.27. The molecule has 11 heteroatoms. The largest absolute Gasteiger partial charge is 0.481 e. The molecule has 3 heterocycles. The van der Waals surface area contributed by atoms with Gasteiger partial charge < -0.3 is 16.7 Å². The number of pyridine rings is 1. The Morgan fingerprint density at radius 3 is 2.81 bits per heavy atom. The van der Waals surface area contributed by atoms with E-state index in [1.807, 2.05) is 31.2 Å². The average molecular weight is 498 g/mol. The van der Waals surface area contributed by atoms with Gasteiger partial charge in [0.15, 0.2) is 0 Å². The number of carboxylic acid groups (broad SMARTS) is 1. The zero-order valence-electron chi connectivity index (χ0n) is 20.3. The Bertz CT molecular complexity index is 1400. The van der Waals surface area contributed by atoms with Gasteiger partial charge in [0, 0.05) is 18.2 Å². The Morgan fingerprint density at radius 2 is 2.08 bits per heavy atom. The molecule has 2 unspecified atom stereocenters. The van der Waals surface area contributed by atoms with Crippen molar-refractivity contribution in [2.45, 2.75) is 25.9 Å². The molecule has 1 aliphatic heterocycles. The highest BCUT2D eigenvalue weighted by molar-refractivity contribution is 6.37. The van der Waals surface area contributed by atoms with Gasteiger partial charge in [-0.15, -0.1) is 0 Å². The predicted molar refractivity (Wildman–Crippen MR) is 139 cm³/mol. The number of nitrogens with two attached hydrogens (primary N) is 2. The van der Waals surface area contributed by atoms with Gasteiger partial charge in [-0.05, 0) is 50.2 Å². The Balaban J connectivity index is 1.47. The lowest BCUT2D eigenvalue weighted by atomic mass is 10.1. The third kappa shape index (κ3) is 6.12. The van der Waals surface area contributed by atoms with Crippen molar-refractivity contribution in [3.63, 3.8) is 0 Å². The van der Waals surface area contributed by atoms with Crippen molar-refractivity contribution in [3.05, 3.63) is 71.2 Å². The third-order valence-corrected chi connectivity index (χ3v) is 6.27. The van der Waals surface area contributed by atoms with Crippen molar-refractivity contribution in [3.8, 4) is 17.3 Å². The van der Waals surface area contributed by atoms with E-state index in [4.69, 9.17) is 16.6 Å². The number of aromatic nitrogens is 3. The first-order valence-corrected chi connectivity index (χ1v) is 11.7. The number of nitriles is 1. The van der Waals surface area contributed by atoms with Gasteiger partial charge >= 0.3 is 5.97 Å². The normalized spacial score (nSPS) is 17.1. The van der Waals surface area contributed by atoms with E-state index in [1.54, 1.807) is 24.3 Å². The molecule has 0 saturated carbocycles. The molecule has 0 aliphatic carbocycles. The highest BCUT2D eigenvalue weighted by Crippen LogP contribution is 2.27. The average Bonchev–Trinajstić information content (AvgIpc) is 3.41. The van der Waals surface area contributed by atoms with Crippen molar-refractivity contribution in [2.24, 2.45) is 21.9 Å². The summed E-state index contributed by atoms with van der Waals surface area (Å²) in [7, 11) is 0. The van der Waals surface area contributed by atoms with Gasteiger partial charge in [0.1, 0.15) is 5.71 Å². The van der Waals surface area contributed by atoms with Crippen molar-refractivity contribution >= 4 is 23.8 Å². The van der Waals surface area contributed by atoms with E-state index >= 15 is 0 Å². The minimum atomic E-state index is -0.753. The molecule has 2 aromatic heterocycles. The van der Waals surface area contributed by atoms with Crippen LogP contribution in [0.4, 0.5) is 5.95 Å². The Morgan fingerprint density at radius 1 is 1.27 bits per heavy atom. The second kappa shape index (κ2) is 11.4. The topological polar surface area (TPSA) is 180 Å². The first kappa shape index (κ1) is 25.4. The Hall–Kier alpha value is -4.69. The van der Waals surface area contributed by atoms with Crippen LogP contribution in [0.1, 0.15) is 42.0 Å². The van der Waals surface area contributed by atoms with Crippen molar-refractivity contribution < 1.29 is 9.90 Å². The lowest BCUT2D eigenvalue weighted by molar-refractivity contribution is -0.141. The van der Waals surface area contributed by atoms with Crippen LogP contribution in [0, 0.1) is 17.2 Å². The second-order valence-corrected chi connectivity index (χ2v) is 8.72. The van der Waals surface area contributed by atoms with Crippen LogP contribution in [0.25, 0.3) is 11.3 Å². The summed E-state index contributed by atoms with van der Waals surface area (Å²) in [4.78, 5) is 31.1. The number of aliphatic carboxylic acids is 1. The van der Waals surface area contributed by atoms with E-state index in [-0.39, 0.29) is 24.5 Å². The van der Waals surface area contributed by atoms with Gasteiger partial charge in [-0.2, -0.15) is 10.4 Å². The van der Waals surface area contributed by atoms with E-state index in [0.29, 0.717) is 41.2 Å². The highest BCUT2D eigenvalue weighted by atomic mass is 16.4. The number of anilines is 1. The third-order valence-electron chi connectivity index (χ3n) is 6.27. The maximum absolute atomic E-state index is 11.3. The molecule has 0 spiro atoms. The van der Waals surface area contributed by atoms with Crippen molar-refractivity contribution in [2.75, 3.05) is 18.8 Å². The van der Waals surface area contributed by atoms with Gasteiger partial charge in [0.05, 0.1) is 53.1 Å². The van der Waals surface area contributed by atoms with Gasteiger partial charge in [0.25, 0.3) is 0 Å². The number of nitrogens with zero attached hydrogens (tertiary/aromatic N) is 7. The molecule has 1 aromatic carbocycles. The zero-order valence-corrected chi connectivity index (χ0v) is 20.3. The summed E-state index contributed by atoms with van der Waals surface area (Å²) in [5.41, 5.74) is 10.00. The molecule has 3 aromatic rings. The van der Waals surface area contributed by atoms with E-state index in [2.05, 4.69) is 31.0 Å². The molecule has 1 aliphatic rings. The molecule has 37 heavy (non-hydrogen) atoms. The van der Waals surface area contributed by atoms with Crippen molar-refractivity contribution in [1.82, 2.24) is 19.9 Å². The minimum Gasteiger partial charge on any atom is -0.481 e. The smallest absolute Gasteiger partial charge is 0.307 e. The van der Waals surface area contributed by atoms with Crippen LogP contribution < -0.4 is 11.6 Å². The number of rotatable bonds is 8. The maximum atomic E-state index is 11.3. The molecule has 11 nitrogen and oxygen atoms in total. The van der Waals surface area contributed by atoms with E-state index in [1.165, 1.54) is 6.21 Å². The van der Waals surface area contributed by atoms with Crippen LogP contribution >= 0.6 is 0 Å². The standard InChI is InChI=1S/C26H27N9O2/c1-16(35-9-8-19(15-35)25(36)37)21-7-3-6-20(31-21)13-30-14-24(34-29)23-11-22(32-26(28)33-23)18-5-2-4-17(10-18)12-27/h2-7,10-11,14,16,19H,8-9,13,15,29H2,1H3,(H,36,37)(H2,28,32,33). The summed E-state index contributed by atoms with van der Waals surface area (Å²) >= 11 is 0. The van der Waals surface area contributed by atoms with Gasteiger partial charge in [0.2, 0.25) is 5.95 Å². The number of hydrogen-bond acceptors (Lipinski definition) is 10. The molecular weight excluding hydrogens is 470 g/mol. The van der Waals surface area contributed by atoms with Crippen LogP contribution in [0.15, 0.2) is 58.6 Å². The number of nitrogen functional groups attached to an aromatic ring is 1. The molecule has 5 N–H and O–H groups in total. The minimum absolute atomic E-state index is 0.00334. The quantitative estimate of drug-likeness (QED) is 0.239. The van der Waals surface area contributed by atoms with Crippen LogP contribution in [-0.2, 0) is 11.3 Å². The monoisotopic (exact) mass is 497 g/mol. The molecule has 2 atom stereocenters. The molecule has 4 rings (SSSR count). The molecule has 0 bridgehead atoms. The molecule has 188 valence electrons. The summed E-state index contributed by atoms with van der Waals surface area (Å²) in [6, 6.07) is 16.5. The fraction of sp³-hybridized carbons (Fsp3) is 0.269. The molecule has 0 radical (unpaired) electrons. The highest BCUT2D eigenvalue weighted by Gasteiger charge is 2.31. The number of hydrogen-bond donors (Lipinski definition) is 3. The maximum Gasteiger partial charge on any atom is 0.307 e. The van der Waals surface area contributed by atoms with Gasteiger partial charge in [-0.3, -0.25) is 19.7 Å². The fourth-order valence-corrected chi connectivity index (χ4v) is 4.23. The van der Waals surface area contributed by atoms with Crippen LogP contribution in [-0.4, -0.2) is 55.9 Å². The van der Waals surface area contributed by atoms with E-state index in [0.717, 1.165) is 17.9 Å². The second-order valence-electron chi connectivity index (χ2n) is 8.72. The summed E-state index contributed by atoms with van der Waals surface area (Å²) in [5.74, 6) is 4.58. The zero-order chi connectivity index (χ0) is 26.4. The van der Waals surface area contributed by atoms with Crippen LogP contribution in [0.3, 0.4) is 0 Å². The van der Waals surface area contributed by atoms with Crippen LogP contribution in [0.2, 0.25) is 0 Å². The number of likely N-dealkylation sites (tertiary alicyclic amines) is 1. The number of carboxylic acids is 1. The number of aliphatic imine (C=N–C) groups is 1. The molecular formula is C26H27N9O2. The summed E-state index contributed by atoms with van der Waals surface area (Å²) in [6.45, 7) is 3.56. The number of carbonyl (C=O) groups is 1. The van der Waals surface area contributed by atoms with E-state index < -0.39 is 5.97 Å². The first-order chi connectivity index (χ1) is 17.9. The molecule has 1 fully saturated rings. The van der Waals surface area contributed by atoms with E-state index in [9.17, 15) is 15.2 Å². The van der Waals surface area contributed by atoms with Gasteiger partial charge in [-0.25, -0.2) is 9.97 Å².